The summed E-state index contributed by atoms with van der Waals surface area (Å²) in [5.74, 6) is 0.832. The number of hydrogen-bond donors (Lipinski definition) is 2. The summed E-state index contributed by atoms with van der Waals surface area (Å²) in [7, 11) is 1.65. The maximum absolute atomic E-state index is 10.3. The summed E-state index contributed by atoms with van der Waals surface area (Å²) in [6.45, 7) is 1.97. The summed E-state index contributed by atoms with van der Waals surface area (Å²) in [5.41, 5.74) is 9.18. The van der Waals surface area contributed by atoms with Crippen LogP contribution in [-0.2, 0) is 6.42 Å². The highest BCUT2D eigenvalue weighted by molar-refractivity contribution is 5.37. The van der Waals surface area contributed by atoms with Crippen LogP contribution in [0.5, 0.6) is 5.75 Å². The Kier molecular flexibility index (Phi) is 4.77. The van der Waals surface area contributed by atoms with Crippen molar-refractivity contribution in [1.29, 1.82) is 0 Å². The Bertz CT molecular complexity index is 554. The largest absolute Gasteiger partial charge is 0.496 e. The molecule has 2 aromatic rings. The molecule has 20 heavy (non-hydrogen) atoms. The lowest BCUT2D eigenvalue weighted by Crippen LogP contribution is -2.28. The Hall–Kier alpha value is -1.84. The van der Waals surface area contributed by atoms with E-state index >= 15 is 0 Å². The Morgan fingerprint density at radius 3 is 2.45 bits per heavy atom. The highest BCUT2D eigenvalue weighted by Gasteiger charge is 2.18. The van der Waals surface area contributed by atoms with Crippen molar-refractivity contribution in [3.05, 3.63) is 65.2 Å². The molecule has 2 aromatic carbocycles. The van der Waals surface area contributed by atoms with E-state index in [1.165, 1.54) is 0 Å². The number of aliphatic hydroxyl groups is 1. The van der Waals surface area contributed by atoms with Crippen LogP contribution in [0, 0.1) is 6.92 Å². The fourth-order valence-electron chi connectivity index (χ4n) is 2.31. The number of benzene rings is 2. The molecule has 0 aromatic heterocycles. The lowest BCUT2D eigenvalue weighted by molar-refractivity contribution is 0.145. The van der Waals surface area contributed by atoms with E-state index in [0.29, 0.717) is 6.42 Å². The van der Waals surface area contributed by atoms with Crippen LogP contribution >= 0.6 is 0 Å². The molecule has 0 unspecified atom stereocenters. The molecule has 2 atom stereocenters. The van der Waals surface area contributed by atoms with Crippen LogP contribution in [0.1, 0.15) is 22.7 Å². The maximum Gasteiger partial charge on any atom is 0.121 e. The van der Waals surface area contributed by atoms with Crippen LogP contribution in [0.4, 0.5) is 0 Å². The van der Waals surface area contributed by atoms with Crippen LogP contribution in [0.2, 0.25) is 0 Å². The third kappa shape index (κ3) is 3.38. The van der Waals surface area contributed by atoms with Gasteiger partial charge in [-0.15, -0.1) is 0 Å². The van der Waals surface area contributed by atoms with Gasteiger partial charge >= 0.3 is 0 Å². The van der Waals surface area contributed by atoms with E-state index < -0.39 is 12.1 Å². The van der Waals surface area contributed by atoms with E-state index in [9.17, 15) is 5.11 Å². The van der Waals surface area contributed by atoms with Gasteiger partial charge in [0, 0.05) is 6.42 Å². The molecule has 3 nitrogen and oxygen atoms in total. The molecule has 3 heteroatoms. The number of aryl methyl sites for hydroxylation is 1. The van der Waals surface area contributed by atoms with Gasteiger partial charge in [-0.3, -0.25) is 0 Å². The van der Waals surface area contributed by atoms with Crippen LogP contribution in [0.3, 0.4) is 0 Å². The summed E-state index contributed by atoms with van der Waals surface area (Å²) < 4.78 is 5.23. The summed E-state index contributed by atoms with van der Waals surface area (Å²) >= 11 is 0. The molecule has 0 aliphatic carbocycles. The van der Waals surface area contributed by atoms with Crippen LogP contribution < -0.4 is 10.5 Å². The van der Waals surface area contributed by atoms with Gasteiger partial charge in [0.15, 0.2) is 0 Å². The number of hydrogen-bond acceptors (Lipinski definition) is 3. The average molecular weight is 271 g/mol. The zero-order valence-corrected chi connectivity index (χ0v) is 11.9. The van der Waals surface area contributed by atoms with E-state index in [0.717, 1.165) is 22.4 Å². The SMILES string of the molecule is COc1ccc([C@@H](N)[C@@H](O)Cc2ccccc2)cc1C. The second-order valence-corrected chi connectivity index (χ2v) is 5.01. The van der Waals surface area contributed by atoms with E-state index in [1.54, 1.807) is 7.11 Å². The molecule has 106 valence electrons. The Morgan fingerprint density at radius 1 is 1.15 bits per heavy atom. The number of methoxy groups -OCH3 is 1. The first-order valence-electron chi connectivity index (χ1n) is 6.74. The minimum Gasteiger partial charge on any atom is -0.496 e. The predicted octanol–water partition coefficient (Wildman–Crippen LogP) is 2.61. The number of aliphatic hydroxyl groups excluding tert-OH is 1. The summed E-state index contributed by atoms with van der Waals surface area (Å²) in [6.07, 6.45) is -0.0576. The molecule has 0 saturated heterocycles. The molecule has 0 bridgehead atoms. The molecule has 0 aliphatic rings. The van der Waals surface area contributed by atoms with E-state index in [4.69, 9.17) is 10.5 Å². The minimum absolute atomic E-state index is 0.403. The maximum atomic E-state index is 10.3. The summed E-state index contributed by atoms with van der Waals surface area (Å²) in [5, 5.41) is 10.3. The van der Waals surface area contributed by atoms with Gasteiger partial charge in [0.1, 0.15) is 5.75 Å². The fraction of sp³-hybridized carbons (Fsp3) is 0.294. The van der Waals surface area contributed by atoms with Crippen molar-refractivity contribution >= 4 is 0 Å². The van der Waals surface area contributed by atoms with Gasteiger partial charge in [-0.2, -0.15) is 0 Å². The molecule has 3 N–H and O–H groups in total. The number of rotatable bonds is 5. The normalized spacial score (nSPS) is 13.8. The molecule has 0 amide bonds. The van der Waals surface area contributed by atoms with Gasteiger partial charge in [-0.1, -0.05) is 42.5 Å². The van der Waals surface area contributed by atoms with Crippen molar-refractivity contribution < 1.29 is 9.84 Å². The van der Waals surface area contributed by atoms with Crippen LogP contribution in [-0.4, -0.2) is 18.3 Å². The third-order valence-corrected chi connectivity index (χ3v) is 3.51. The van der Waals surface area contributed by atoms with Gasteiger partial charge in [-0.05, 0) is 29.7 Å². The lowest BCUT2D eigenvalue weighted by Gasteiger charge is -2.20. The molecule has 0 spiro atoms. The van der Waals surface area contributed by atoms with Gasteiger partial charge < -0.3 is 15.6 Å². The molecule has 0 saturated carbocycles. The third-order valence-electron chi connectivity index (χ3n) is 3.51. The average Bonchev–Trinajstić information content (AvgIpc) is 2.47. The van der Waals surface area contributed by atoms with Crippen molar-refractivity contribution in [3.63, 3.8) is 0 Å². The van der Waals surface area contributed by atoms with Gasteiger partial charge in [0.05, 0.1) is 19.3 Å². The Morgan fingerprint density at radius 2 is 1.85 bits per heavy atom. The molecule has 0 fully saturated rings. The molecule has 0 heterocycles. The molecule has 0 aliphatic heterocycles. The quantitative estimate of drug-likeness (QED) is 0.879. The zero-order chi connectivity index (χ0) is 14.5. The Balaban J connectivity index is 2.10. The van der Waals surface area contributed by atoms with Crippen molar-refractivity contribution in [2.75, 3.05) is 7.11 Å². The lowest BCUT2D eigenvalue weighted by atomic mass is 9.95. The first kappa shape index (κ1) is 14.6. The monoisotopic (exact) mass is 271 g/mol. The van der Waals surface area contributed by atoms with Gasteiger partial charge in [0.25, 0.3) is 0 Å². The standard InChI is InChI=1S/C17H21NO2/c1-12-10-14(8-9-16(12)20-2)17(18)15(19)11-13-6-4-3-5-7-13/h3-10,15,17,19H,11,18H2,1-2H3/t15-,17+/m0/s1. The second kappa shape index (κ2) is 6.55. The zero-order valence-electron chi connectivity index (χ0n) is 11.9. The first-order chi connectivity index (χ1) is 9.61. The number of ether oxygens (including phenoxy) is 1. The fourth-order valence-corrected chi connectivity index (χ4v) is 2.31. The molecule has 2 rings (SSSR count). The van der Waals surface area contributed by atoms with E-state index in [1.807, 2.05) is 55.5 Å². The smallest absolute Gasteiger partial charge is 0.121 e. The van der Waals surface area contributed by atoms with Crippen molar-refractivity contribution in [2.24, 2.45) is 5.73 Å². The summed E-state index contributed by atoms with van der Waals surface area (Å²) in [6, 6.07) is 15.2. The topological polar surface area (TPSA) is 55.5 Å². The van der Waals surface area contributed by atoms with E-state index in [2.05, 4.69) is 0 Å². The van der Waals surface area contributed by atoms with Gasteiger partial charge in [0.2, 0.25) is 0 Å². The van der Waals surface area contributed by atoms with Crippen molar-refractivity contribution in [3.8, 4) is 5.75 Å². The molecular formula is C17H21NO2. The van der Waals surface area contributed by atoms with Crippen molar-refractivity contribution in [2.45, 2.75) is 25.5 Å². The van der Waals surface area contributed by atoms with Crippen LogP contribution in [0.25, 0.3) is 0 Å². The minimum atomic E-state index is -0.606. The van der Waals surface area contributed by atoms with Crippen molar-refractivity contribution in [1.82, 2.24) is 0 Å². The highest BCUT2D eigenvalue weighted by Crippen LogP contribution is 2.24. The molecule has 0 radical (unpaired) electrons. The van der Waals surface area contributed by atoms with Gasteiger partial charge in [-0.25, -0.2) is 0 Å². The molecular weight excluding hydrogens is 250 g/mol. The predicted molar refractivity (Wildman–Crippen MR) is 80.8 cm³/mol. The second-order valence-electron chi connectivity index (χ2n) is 5.01. The first-order valence-corrected chi connectivity index (χ1v) is 6.74. The van der Waals surface area contributed by atoms with E-state index in [-0.39, 0.29) is 0 Å². The Labute approximate surface area is 120 Å². The highest BCUT2D eigenvalue weighted by atomic mass is 16.5. The number of nitrogens with two attached hydrogens (primary N) is 1. The summed E-state index contributed by atoms with van der Waals surface area (Å²) in [4.78, 5) is 0. The van der Waals surface area contributed by atoms with Crippen LogP contribution in [0.15, 0.2) is 48.5 Å².